The highest BCUT2D eigenvalue weighted by Crippen LogP contribution is 2.25. The summed E-state index contributed by atoms with van der Waals surface area (Å²) in [7, 11) is 2.54. The normalized spacial score (nSPS) is 10.2. The van der Waals surface area contributed by atoms with Crippen molar-refractivity contribution in [3.63, 3.8) is 0 Å². The van der Waals surface area contributed by atoms with Gasteiger partial charge in [-0.05, 0) is 18.9 Å². The van der Waals surface area contributed by atoms with Gasteiger partial charge >= 0.3 is 18.0 Å². The van der Waals surface area contributed by atoms with E-state index in [-0.39, 0.29) is 6.42 Å². The number of methoxy groups -OCH3 is 2. The maximum absolute atomic E-state index is 12.0. The third kappa shape index (κ3) is 3.57. The standard InChI is InChI=1S/C14H21N3O5/c1-5-6-9-10(7-11(18)21-3)17(16-14(15)20)8(2)12(9)13(19)22-4/h5-7H2,1-4H3,(H3,15,16,20). The number of carbonyl (C=O) groups is 3. The molecule has 0 aliphatic heterocycles. The molecule has 0 aliphatic carbocycles. The van der Waals surface area contributed by atoms with Crippen molar-refractivity contribution >= 4 is 18.0 Å². The molecule has 0 radical (unpaired) electrons. The van der Waals surface area contributed by atoms with Crippen LogP contribution in [-0.4, -0.2) is 36.9 Å². The molecule has 8 heteroatoms. The Labute approximate surface area is 128 Å². The minimum absolute atomic E-state index is 0.0933. The van der Waals surface area contributed by atoms with Gasteiger partial charge in [0, 0.05) is 0 Å². The van der Waals surface area contributed by atoms with E-state index in [0.29, 0.717) is 28.9 Å². The maximum atomic E-state index is 12.0. The van der Waals surface area contributed by atoms with Gasteiger partial charge in [0.25, 0.3) is 0 Å². The quantitative estimate of drug-likeness (QED) is 0.757. The number of carbonyl (C=O) groups excluding carboxylic acids is 3. The number of nitrogens with zero attached hydrogens (tertiary/aromatic N) is 1. The molecule has 0 fully saturated rings. The van der Waals surface area contributed by atoms with Crippen LogP contribution in [0.25, 0.3) is 0 Å². The number of aromatic nitrogens is 1. The van der Waals surface area contributed by atoms with E-state index in [1.54, 1.807) is 6.92 Å². The van der Waals surface area contributed by atoms with E-state index in [9.17, 15) is 14.4 Å². The van der Waals surface area contributed by atoms with Crippen LogP contribution in [0.1, 0.15) is 40.7 Å². The first-order valence-electron chi connectivity index (χ1n) is 6.81. The van der Waals surface area contributed by atoms with E-state index in [1.807, 2.05) is 6.92 Å². The molecule has 0 atom stereocenters. The van der Waals surface area contributed by atoms with E-state index in [4.69, 9.17) is 10.5 Å². The second-order valence-corrected chi connectivity index (χ2v) is 4.69. The number of urea groups is 1. The molecule has 2 amide bonds. The average molecular weight is 311 g/mol. The minimum atomic E-state index is -0.802. The lowest BCUT2D eigenvalue weighted by Crippen LogP contribution is -2.31. The Balaban J connectivity index is 3.54. The molecule has 0 saturated heterocycles. The third-order valence-corrected chi connectivity index (χ3v) is 3.27. The zero-order chi connectivity index (χ0) is 16.9. The van der Waals surface area contributed by atoms with Crippen LogP contribution in [0, 0.1) is 6.92 Å². The van der Waals surface area contributed by atoms with Crippen molar-refractivity contribution in [2.24, 2.45) is 5.73 Å². The Morgan fingerprint density at radius 1 is 1.23 bits per heavy atom. The molecule has 1 heterocycles. The number of nitrogens with two attached hydrogens (primary N) is 1. The number of primary amides is 1. The molecule has 1 aromatic heterocycles. The molecule has 122 valence electrons. The van der Waals surface area contributed by atoms with Gasteiger partial charge in [-0.15, -0.1) is 0 Å². The first kappa shape index (κ1) is 17.5. The van der Waals surface area contributed by atoms with Crippen molar-refractivity contribution in [3.05, 3.63) is 22.5 Å². The Morgan fingerprint density at radius 2 is 1.86 bits per heavy atom. The predicted octanol–water partition coefficient (Wildman–Crippen LogP) is 0.873. The van der Waals surface area contributed by atoms with Crippen LogP contribution >= 0.6 is 0 Å². The smallest absolute Gasteiger partial charge is 0.340 e. The highest BCUT2D eigenvalue weighted by molar-refractivity contribution is 5.94. The van der Waals surface area contributed by atoms with Crippen LogP contribution in [0.2, 0.25) is 0 Å². The third-order valence-electron chi connectivity index (χ3n) is 3.27. The predicted molar refractivity (Wildman–Crippen MR) is 79.2 cm³/mol. The molecule has 0 saturated carbocycles. The molecule has 0 unspecified atom stereocenters. The number of hydrogen-bond acceptors (Lipinski definition) is 5. The fourth-order valence-corrected chi connectivity index (χ4v) is 2.36. The second kappa shape index (κ2) is 7.48. The van der Waals surface area contributed by atoms with E-state index < -0.39 is 18.0 Å². The second-order valence-electron chi connectivity index (χ2n) is 4.69. The number of rotatable bonds is 6. The molecule has 1 rings (SSSR count). The molecule has 22 heavy (non-hydrogen) atoms. The van der Waals surface area contributed by atoms with Gasteiger partial charge in [-0.1, -0.05) is 13.3 Å². The van der Waals surface area contributed by atoms with Crippen molar-refractivity contribution in [2.75, 3.05) is 19.6 Å². The number of esters is 2. The fraction of sp³-hybridized carbons (Fsp3) is 0.500. The highest BCUT2D eigenvalue weighted by atomic mass is 16.5. The van der Waals surface area contributed by atoms with E-state index in [0.717, 1.165) is 6.42 Å². The summed E-state index contributed by atoms with van der Waals surface area (Å²) in [5, 5.41) is 0. The van der Waals surface area contributed by atoms with Crippen LogP contribution in [0.4, 0.5) is 4.79 Å². The minimum Gasteiger partial charge on any atom is -0.469 e. The molecule has 0 spiro atoms. The summed E-state index contributed by atoms with van der Waals surface area (Å²) >= 11 is 0. The lowest BCUT2D eigenvalue weighted by atomic mass is 10.0. The van der Waals surface area contributed by atoms with Crippen molar-refractivity contribution < 1.29 is 23.9 Å². The molecular weight excluding hydrogens is 290 g/mol. The van der Waals surface area contributed by atoms with Gasteiger partial charge in [-0.3, -0.25) is 9.47 Å². The molecule has 0 bridgehead atoms. The largest absolute Gasteiger partial charge is 0.469 e. The van der Waals surface area contributed by atoms with Crippen molar-refractivity contribution in [1.29, 1.82) is 0 Å². The summed E-state index contributed by atoms with van der Waals surface area (Å²) in [6.45, 7) is 3.58. The zero-order valence-electron chi connectivity index (χ0n) is 13.2. The molecule has 3 N–H and O–H groups in total. The number of nitrogens with one attached hydrogen (secondary N) is 1. The Kier molecular flexibility index (Phi) is 5.97. The van der Waals surface area contributed by atoms with Gasteiger partial charge in [0.15, 0.2) is 0 Å². The summed E-state index contributed by atoms with van der Waals surface area (Å²) in [4.78, 5) is 34.9. The van der Waals surface area contributed by atoms with Crippen molar-refractivity contribution in [1.82, 2.24) is 4.68 Å². The highest BCUT2D eigenvalue weighted by Gasteiger charge is 2.27. The number of ether oxygens (including phenoxy) is 2. The summed E-state index contributed by atoms with van der Waals surface area (Å²) < 4.78 is 10.8. The average Bonchev–Trinajstić information content (AvgIpc) is 2.71. The Hall–Kier alpha value is -2.51. The molecule has 0 aromatic carbocycles. The summed E-state index contributed by atoms with van der Waals surface area (Å²) in [6, 6.07) is -0.802. The van der Waals surface area contributed by atoms with E-state index in [2.05, 4.69) is 10.2 Å². The Morgan fingerprint density at radius 3 is 2.32 bits per heavy atom. The molecular formula is C14H21N3O5. The van der Waals surface area contributed by atoms with Crippen LogP contribution < -0.4 is 11.2 Å². The lowest BCUT2D eigenvalue weighted by Gasteiger charge is -2.11. The van der Waals surface area contributed by atoms with E-state index in [1.165, 1.54) is 18.9 Å². The van der Waals surface area contributed by atoms with Crippen LogP contribution in [-0.2, 0) is 27.1 Å². The Bertz CT molecular complexity index is 592. The summed E-state index contributed by atoms with van der Waals surface area (Å²) in [5.41, 5.74) is 9.46. The molecule has 1 aromatic rings. The first-order valence-corrected chi connectivity index (χ1v) is 6.81. The lowest BCUT2D eigenvalue weighted by molar-refractivity contribution is -0.139. The summed E-state index contributed by atoms with van der Waals surface area (Å²) in [5.74, 6) is -1.02. The zero-order valence-corrected chi connectivity index (χ0v) is 13.2. The van der Waals surface area contributed by atoms with E-state index >= 15 is 0 Å². The van der Waals surface area contributed by atoms with Crippen molar-refractivity contribution in [3.8, 4) is 0 Å². The summed E-state index contributed by atoms with van der Waals surface area (Å²) in [6.07, 6.45) is 1.20. The first-order chi connectivity index (χ1) is 10.4. The number of hydrogen-bond donors (Lipinski definition) is 2. The van der Waals surface area contributed by atoms with Crippen LogP contribution in [0.5, 0.6) is 0 Å². The number of amides is 2. The topological polar surface area (TPSA) is 113 Å². The van der Waals surface area contributed by atoms with Gasteiger partial charge in [0.2, 0.25) is 0 Å². The van der Waals surface area contributed by atoms with Crippen LogP contribution in [0.15, 0.2) is 0 Å². The molecule has 8 nitrogen and oxygen atoms in total. The fourth-order valence-electron chi connectivity index (χ4n) is 2.36. The molecule has 0 aliphatic rings. The van der Waals surface area contributed by atoms with Gasteiger partial charge in [0.1, 0.15) is 0 Å². The SMILES string of the molecule is CCCc1c(C(=O)OC)c(C)n(NC(N)=O)c1CC(=O)OC. The van der Waals surface area contributed by atoms with Gasteiger partial charge < -0.3 is 15.2 Å². The monoisotopic (exact) mass is 311 g/mol. The van der Waals surface area contributed by atoms with Crippen molar-refractivity contribution in [2.45, 2.75) is 33.1 Å². The van der Waals surface area contributed by atoms with Gasteiger partial charge in [-0.2, -0.15) is 0 Å². The van der Waals surface area contributed by atoms with Gasteiger partial charge in [0.05, 0.1) is 37.6 Å². The van der Waals surface area contributed by atoms with Gasteiger partial charge in [-0.25, -0.2) is 15.0 Å². The van der Waals surface area contributed by atoms with Crippen LogP contribution in [0.3, 0.4) is 0 Å². The maximum Gasteiger partial charge on any atom is 0.340 e.